The molecule has 0 amide bonds. The van der Waals surface area contributed by atoms with Crippen molar-refractivity contribution >= 4 is 30.7 Å². The molecule has 1 fully saturated rings. The number of rotatable bonds is 3. The molecular formula is C6H15AuNO2PS2. The summed E-state index contributed by atoms with van der Waals surface area (Å²) in [5, 5.41) is 3.06. The number of hydrogen-bond donors (Lipinski definition) is 1. The van der Waals surface area contributed by atoms with Gasteiger partial charge in [0.1, 0.15) is 0 Å². The molecule has 1 heterocycles. The van der Waals surface area contributed by atoms with Crippen molar-refractivity contribution in [1.29, 1.82) is 0 Å². The summed E-state index contributed by atoms with van der Waals surface area (Å²) in [5.74, 6) is 3.28. The molecule has 1 aliphatic rings. The van der Waals surface area contributed by atoms with E-state index in [1.54, 1.807) is 25.6 Å². The van der Waals surface area contributed by atoms with Gasteiger partial charge in [-0.05, 0) is 18.6 Å². The van der Waals surface area contributed by atoms with Crippen molar-refractivity contribution in [2.75, 3.05) is 32.8 Å². The summed E-state index contributed by atoms with van der Waals surface area (Å²) in [6, 6.07) is 0. The molecule has 0 aliphatic carbocycles. The van der Waals surface area contributed by atoms with Gasteiger partial charge in [0.25, 0.3) is 0 Å². The van der Waals surface area contributed by atoms with Gasteiger partial charge in [-0.15, -0.1) is 0 Å². The third kappa shape index (κ3) is 11.7. The Morgan fingerprint density at radius 1 is 1.46 bits per heavy atom. The van der Waals surface area contributed by atoms with Crippen LogP contribution in [0.15, 0.2) is 0 Å². The van der Waals surface area contributed by atoms with Gasteiger partial charge in [-0.3, -0.25) is 0 Å². The first-order valence-electron chi connectivity index (χ1n) is 3.44. The van der Waals surface area contributed by atoms with Crippen LogP contribution in [-0.4, -0.2) is 32.8 Å². The maximum Gasteiger partial charge on any atom is 1.00 e. The monoisotopic (exact) mass is 425 g/mol. The summed E-state index contributed by atoms with van der Waals surface area (Å²) in [6.07, 6.45) is 1.96. The smallest absolute Gasteiger partial charge is 0.460 e. The minimum absolute atomic E-state index is 0. The van der Waals surface area contributed by atoms with Crippen LogP contribution in [0.4, 0.5) is 0 Å². The zero-order valence-corrected chi connectivity index (χ0v) is 12.6. The van der Waals surface area contributed by atoms with Gasteiger partial charge in [0, 0.05) is 14.2 Å². The first kappa shape index (κ1) is 17.2. The van der Waals surface area contributed by atoms with Gasteiger partial charge in [0.15, 0.2) is 0 Å². The van der Waals surface area contributed by atoms with Gasteiger partial charge in [-0.1, -0.05) is 11.4 Å². The average Bonchev–Trinajstić information content (AvgIpc) is 2.64. The van der Waals surface area contributed by atoms with Crippen molar-refractivity contribution in [3.05, 3.63) is 5.88 Å². The molecule has 84 valence electrons. The Bertz CT molecular complexity index is 83.6. The topological polar surface area (TPSA) is 30.5 Å². The van der Waals surface area contributed by atoms with Crippen molar-refractivity contribution in [1.82, 2.24) is 5.32 Å². The molecule has 1 N–H and O–H groups in total. The van der Waals surface area contributed by atoms with Gasteiger partial charge < -0.3 is 26.1 Å². The Morgan fingerprint density at radius 2 is 2.08 bits per heavy atom. The van der Waals surface area contributed by atoms with E-state index in [2.05, 4.69) is 5.32 Å². The van der Waals surface area contributed by atoms with E-state index in [4.69, 9.17) is 9.05 Å². The predicted octanol–water partition coefficient (Wildman–Crippen LogP) is 2.31. The van der Waals surface area contributed by atoms with E-state index in [1.807, 2.05) is 23.9 Å². The second-order valence-corrected chi connectivity index (χ2v) is 6.22. The van der Waals surface area contributed by atoms with Crippen LogP contribution in [0.2, 0.25) is 0 Å². The number of thioether (sulfide) groups is 1. The van der Waals surface area contributed by atoms with Crippen LogP contribution < -0.4 is 5.32 Å². The van der Waals surface area contributed by atoms with Crippen molar-refractivity contribution in [2.45, 2.75) is 0 Å². The zero-order valence-electron chi connectivity index (χ0n) is 7.87. The largest absolute Gasteiger partial charge is 1.00 e. The summed E-state index contributed by atoms with van der Waals surface area (Å²) in [6.45, 7) is 1.16. The fraction of sp³-hybridized carbons (Fsp3) is 0.833. The SMILES string of the molecule is COP(OC)SC.[Au+].[CH-]1NCCS1. The van der Waals surface area contributed by atoms with Gasteiger partial charge in [0.05, 0.1) is 0 Å². The molecule has 0 aromatic heterocycles. The molecule has 0 atom stereocenters. The molecule has 7 heteroatoms. The van der Waals surface area contributed by atoms with Crippen molar-refractivity contribution in [3.8, 4) is 0 Å². The molecular weight excluding hydrogens is 410 g/mol. The molecule has 0 saturated carbocycles. The Balaban J connectivity index is 0. The van der Waals surface area contributed by atoms with Crippen molar-refractivity contribution < 1.29 is 31.4 Å². The van der Waals surface area contributed by atoms with Crippen LogP contribution in [0.1, 0.15) is 0 Å². The van der Waals surface area contributed by atoms with Gasteiger partial charge in [-0.25, -0.2) is 5.88 Å². The minimum Gasteiger partial charge on any atom is -0.460 e. The molecule has 1 rings (SSSR count). The van der Waals surface area contributed by atoms with E-state index in [-0.39, 0.29) is 22.4 Å². The first-order valence-corrected chi connectivity index (χ1v) is 7.50. The molecule has 0 spiro atoms. The predicted molar refractivity (Wildman–Crippen MR) is 59.2 cm³/mol. The fourth-order valence-corrected chi connectivity index (χ4v) is 2.45. The Hall–Kier alpha value is 1.75. The molecule has 3 nitrogen and oxygen atoms in total. The van der Waals surface area contributed by atoms with Gasteiger partial charge in [0.2, 0.25) is 7.58 Å². The molecule has 0 bridgehead atoms. The summed E-state index contributed by atoms with van der Waals surface area (Å²) >= 11 is 3.43. The summed E-state index contributed by atoms with van der Waals surface area (Å²) in [4.78, 5) is 0. The van der Waals surface area contributed by atoms with E-state index in [0.29, 0.717) is 0 Å². The molecule has 0 aromatic rings. The molecule has 0 aromatic carbocycles. The van der Waals surface area contributed by atoms with E-state index in [1.165, 1.54) is 5.75 Å². The van der Waals surface area contributed by atoms with E-state index >= 15 is 0 Å². The summed E-state index contributed by atoms with van der Waals surface area (Å²) < 4.78 is 9.71. The van der Waals surface area contributed by atoms with E-state index in [0.717, 1.165) is 6.54 Å². The van der Waals surface area contributed by atoms with Crippen LogP contribution in [0.3, 0.4) is 0 Å². The quantitative estimate of drug-likeness (QED) is 0.426. The molecule has 0 radical (unpaired) electrons. The second kappa shape index (κ2) is 13.8. The maximum atomic E-state index is 4.85. The van der Waals surface area contributed by atoms with Gasteiger partial charge >= 0.3 is 22.4 Å². The van der Waals surface area contributed by atoms with Crippen LogP contribution in [0, 0.1) is 5.88 Å². The average molecular weight is 425 g/mol. The molecule has 13 heavy (non-hydrogen) atoms. The molecule has 0 unspecified atom stereocenters. The third-order valence-electron chi connectivity index (χ3n) is 0.978. The van der Waals surface area contributed by atoms with E-state index in [9.17, 15) is 0 Å². The Morgan fingerprint density at radius 3 is 2.15 bits per heavy atom. The standard InChI is InChI=1S/C3H6NS.C3H9O2PS.Au/c1-2-5-3-4-1;1-4-6(5-2)7-3;/h3-4H,1-2H2;1-3H3;/q-1;;+1. The summed E-state index contributed by atoms with van der Waals surface area (Å²) in [5.41, 5.74) is 0. The zero-order chi connectivity index (χ0) is 9.23. The van der Waals surface area contributed by atoms with Crippen LogP contribution in [-0.2, 0) is 31.4 Å². The van der Waals surface area contributed by atoms with Gasteiger partial charge in [-0.2, -0.15) is 0 Å². The Labute approximate surface area is 106 Å². The fourth-order valence-electron chi connectivity index (χ4n) is 0.518. The molecule has 1 aliphatic heterocycles. The maximum absolute atomic E-state index is 4.85. The van der Waals surface area contributed by atoms with Crippen molar-refractivity contribution in [2.24, 2.45) is 0 Å². The minimum atomic E-state index is -0.637. The van der Waals surface area contributed by atoms with E-state index < -0.39 is 7.58 Å². The normalized spacial score (nSPS) is 14.8. The van der Waals surface area contributed by atoms with Crippen LogP contribution in [0.25, 0.3) is 0 Å². The number of nitrogens with one attached hydrogen (secondary N) is 1. The Kier molecular flexibility index (Phi) is 18.1. The second-order valence-electron chi connectivity index (χ2n) is 1.71. The van der Waals surface area contributed by atoms with Crippen molar-refractivity contribution in [3.63, 3.8) is 0 Å². The molecule has 1 saturated heterocycles. The van der Waals surface area contributed by atoms with Crippen LogP contribution in [0.5, 0.6) is 0 Å². The third-order valence-corrected chi connectivity index (χ3v) is 4.43. The number of hydrogen-bond acceptors (Lipinski definition) is 5. The first-order chi connectivity index (χ1) is 5.85. The summed E-state index contributed by atoms with van der Waals surface area (Å²) in [7, 11) is 2.65. The van der Waals surface area contributed by atoms with Crippen LogP contribution >= 0.6 is 30.7 Å².